The number of nitrogens with zero attached hydrogens (tertiary/aromatic N) is 2. The second-order valence-electron chi connectivity index (χ2n) is 3.12. The first-order valence-electron chi connectivity index (χ1n) is 4.54. The van der Waals surface area contributed by atoms with Crippen molar-refractivity contribution in [3.63, 3.8) is 0 Å². The molecule has 82 valence electrons. The molecule has 0 saturated heterocycles. The van der Waals surface area contributed by atoms with E-state index in [0.717, 1.165) is 18.0 Å². The summed E-state index contributed by atoms with van der Waals surface area (Å²) in [7, 11) is 1.97. The zero-order valence-electron chi connectivity index (χ0n) is 8.80. The number of rotatable bonds is 5. The molecule has 1 aromatic rings. The first-order valence-corrected chi connectivity index (χ1v) is 5.94. The normalized spacial score (nSPS) is 10.0. The molecule has 1 aromatic heterocycles. The van der Waals surface area contributed by atoms with Gasteiger partial charge >= 0.3 is 5.97 Å². The van der Waals surface area contributed by atoms with Gasteiger partial charge in [-0.3, -0.25) is 0 Å². The molecule has 1 N–H and O–H groups in total. The van der Waals surface area contributed by atoms with Gasteiger partial charge < -0.3 is 10.0 Å². The Kier molecular flexibility index (Phi) is 4.42. The zero-order valence-corrected chi connectivity index (χ0v) is 9.62. The van der Waals surface area contributed by atoms with Crippen LogP contribution < -0.4 is 4.90 Å². The molecule has 0 aliphatic carbocycles. The number of aromatic nitrogens is 1. The largest absolute Gasteiger partial charge is 0.477 e. The van der Waals surface area contributed by atoms with E-state index in [9.17, 15) is 4.79 Å². The second-order valence-corrected chi connectivity index (χ2v) is 4.11. The van der Waals surface area contributed by atoms with E-state index in [2.05, 4.69) is 16.1 Å². The number of anilines is 1. The number of hydrogen-bond donors (Lipinski definition) is 1. The van der Waals surface area contributed by atoms with Crippen LogP contribution in [0.3, 0.4) is 0 Å². The topological polar surface area (TPSA) is 53.4 Å². The Labute approximate surface area is 93.3 Å². The fraction of sp³-hybridized carbons (Fsp3) is 0.400. The maximum atomic E-state index is 10.6. The molecule has 0 aromatic carbocycles. The molecule has 0 fully saturated rings. The lowest BCUT2D eigenvalue weighted by Crippen LogP contribution is -2.20. The average Bonchev–Trinajstić information content (AvgIpc) is 2.26. The van der Waals surface area contributed by atoms with Crippen molar-refractivity contribution in [3.05, 3.63) is 24.0 Å². The monoisotopic (exact) mass is 226 g/mol. The van der Waals surface area contributed by atoms with Gasteiger partial charge in [0.1, 0.15) is 5.69 Å². The molecular formula is C10H14N2O2S. The molecule has 0 radical (unpaired) electrons. The maximum Gasteiger partial charge on any atom is 0.354 e. The van der Waals surface area contributed by atoms with E-state index in [-0.39, 0.29) is 5.69 Å². The van der Waals surface area contributed by atoms with Crippen molar-refractivity contribution in [1.82, 2.24) is 4.98 Å². The van der Waals surface area contributed by atoms with Gasteiger partial charge in [0.05, 0.1) is 11.9 Å². The van der Waals surface area contributed by atoms with Gasteiger partial charge in [-0.2, -0.15) is 11.8 Å². The summed E-state index contributed by atoms with van der Waals surface area (Å²) in [4.78, 5) is 16.5. The minimum atomic E-state index is -0.992. The molecule has 0 aliphatic rings. The standard InChI is InChI=1S/C10H14N2O2S/c1-12(5-6-15-2)8-3-4-9(10(13)14)11-7-8/h3-4,7H,5-6H2,1-2H3,(H,13,14). The number of pyridine rings is 1. The summed E-state index contributed by atoms with van der Waals surface area (Å²) in [5.74, 6) is 0.0466. The lowest BCUT2D eigenvalue weighted by Gasteiger charge is -2.17. The lowest BCUT2D eigenvalue weighted by atomic mass is 10.3. The molecule has 0 atom stereocenters. The molecule has 4 nitrogen and oxygen atoms in total. The van der Waals surface area contributed by atoms with E-state index in [1.54, 1.807) is 24.0 Å². The Balaban J connectivity index is 2.66. The van der Waals surface area contributed by atoms with Crippen molar-refractivity contribution < 1.29 is 9.90 Å². The third-order valence-electron chi connectivity index (χ3n) is 2.04. The summed E-state index contributed by atoms with van der Waals surface area (Å²) >= 11 is 1.78. The summed E-state index contributed by atoms with van der Waals surface area (Å²) in [6.07, 6.45) is 3.64. The minimum Gasteiger partial charge on any atom is -0.477 e. The highest BCUT2D eigenvalue weighted by atomic mass is 32.2. The predicted molar refractivity (Wildman–Crippen MR) is 62.8 cm³/mol. The highest BCUT2D eigenvalue weighted by Crippen LogP contribution is 2.11. The van der Waals surface area contributed by atoms with E-state index >= 15 is 0 Å². The average molecular weight is 226 g/mol. The summed E-state index contributed by atoms with van der Waals surface area (Å²) < 4.78 is 0. The van der Waals surface area contributed by atoms with Crippen LogP contribution in [0.2, 0.25) is 0 Å². The zero-order chi connectivity index (χ0) is 11.3. The van der Waals surface area contributed by atoms with Gasteiger partial charge in [-0.05, 0) is 18.4 Å². The summed E-state index contributed by atoms with van der Waals surface area (Å²) in [6, 6.07) is 3.30. The number of carboxylic acids is 1. The van der Waals surface area contributed by atoms with Crippen molar-refractivity contribution in [2.75, 3.05) is 30.5 Å². The van der Waals surface area contributed by atoms with E-state index in [4.69, 9.17) is 5.11 Å². The van der Waals surface area contributed by atoms with Crippen molar-refractivity contribution in [2.24, 2.45) is 0 Å². The maximum absolute atomic E-state index is 10.6. The van der Waals surface area contributed by atoms with Crippen LogP contribution in [0.15, 0.2) is 18.3 Å². The number of hydrogen-bond acceptors (Lipinski definition) is 4. The first-order chi connectivity index (χ1) is 7.15. The first kappa shape index (κ1) is 11.8. The number of aromatic carboxylic acids is 1. The van der Waals surface area contributed by atoms with Gasteiger partial charge in [0.25, 0.3) is 0 Å². The minimum absolute atomic E-state index is 0.0806. The van der Waals surface area contributed by atoms with Crippen LogP contribution >= 0.6 is 11.8 Å². The smallest absolute Gasteiger partial charge is 0.354 e. The van der Waals surface area contributed by atoms with Gasteiger partial charge in [-0.25, -0.2) is 9.78 Å². The lowest BCUT2D eigenvalue weighted by molar-refractivity contribution is 0.0690. The summed E-state index contributed by atoms with van der Waals surface area (Å²) in [5, 5.41) is 8.68. The van der Waals surface area contributed by atoms with Crippen LogP contribution in [0, 0.1) is 0 Å². The van der Waals surface area contributed by atoms with E-state index < -0.39 is 5.97 Å². The van der Waals surface area contributed by atoms with Crippen molar-refractivity contribution in [1.29, 1.82) is 0 Å². The second kappa shape index (κ2) is 5.60. The summed E-state index contributed by atoms with van der Waals surface area (Å²) in [6.45, 7) is 0.926. The van der Waals surface area contributed by atoms with Crippen molar-refractivity contribution in [3.8, 4) is 0 Å². The quantitative estimate of drug-likeness (QED) is 0.826. The molecule has 0 spiro atoms. The highest BCUT2D eigenvalue weighted by molar-refractivity contribution is 7.98. The van der Waals surface area contributed by atoms with Gasteiger partial charge in [0, 0.05) is 19.3 Å². The number of carbonyl (C=O) groups is 1. The van der Waals surface area contributed by atoms with Gasteiger partial charge in [-0.1, -0.05) is 0 Å². The summed E-state index contributed by atoms with van der Waals surface area (Å²) in [5.41, 5.74) is 1.02. The highest BCUT2D eigenvalue weighted by Gasteiger charge is 2.05. The molecule has 1 heterocycles. The molecule has 5 heteroatoms. The Morgan fingerprint density at radius 2 is 2.33 bits per heavy atom. The van der Waals surface area contributed by atoms with Crippen LogP contribution in [0.25, 0.3) is 0 Å². The third kappa shape index (κ3) is 3.43. The molecule has 0 bridgehead atoms. The number of carboxylic acid groups (broad SMARTS) is 1. The molecule has 0 amide bonds. The fourth-order valence-electron chi connectivity index (χ4n) is 1.10. The molecule has 1 rings (SSSR count). The molecular weight excluding hydrogens is 212 g/mol. The number of thioether (sulfide) groups is 1. The Bertz CT molecular complexity index is 327. The van der Waals surface area contributed by atoms with E-state index in [1.807, 2.05) is 7.05 Å². The third-order valence-corrected chi connectivity index (χ3v) is 2.63. The van der Waals surface area contributed by atoms with Crippen molar-refractivity contribution >= 4 is 23.4 Å². The van der Waals surface area contributed by atoms with Crippen molar-refractivity contribution in [2.45, 2.75) is 0 Å². The van der Waals surface area contributed by atoms with Crippen LogP contribution in [-0.4, -0.2) is 41.7 Å². The van der Waals surface area contributed by atoms with Crippen LogP contribution in [0.4, 0.5) is 5.69 Å². The molecule has 15 heavy (non-hydrogen) atoms. The SMILES string of the molecule is CSCCN(C)c1ccc(C(=O)O)nc1. The van der Waals surface area contributed by atoms with Gasteiger partial charge in [0.15, 0.2) is 0 Å². The molecule has 0 unspecified atom stereocenters. The van der Waals surface area contributed by atoms with Crippen LogP contribution in [0.1, 0.15) is 10.5 Å². The Morgan fingerprint density at radius 1 is 1.60 bits per heavy atom. The van der Waals surface area contributed by atoms with E-state index in [0.29, 0.717) is 0 Å². The molecule has 0 saturated carbocycles. The van der Waals surface area contributed by atoms with Crippen LogP contribution in [-0.2, 0) is 0 Å². The van der Waals surface area contributed by atoms with Gasteiger partial charge in [0.2, 0.25) is 0 Å². The predicted octanol–water partition coefficient (Wildman–Crippen LogP) is 1.58. The Morgan fingerprint density at radius 3 is 2.80 bits per heavy atom. The fourth-order valence-corrected chi connectivity index (χ4v) is 1.55. The molecule has 0 aliphatic heterocycles. The van der Waals surface area contributed by atoms with Gasteiger partial charge in [-0.15, -0.1) is 0 Å². The Hall–Kier alpha value is -1.23. The van der Waals surface area contributed by atoms with Crippen LogP contribution in [0.5, 0.6) is 0 Å². The van der Waals surface area contributed by atoms with E-state index in [1.165, 1.54) is 6.07 Å².